The zero-order chi connectivity index (χ0) is 19.8. The first-order chi connectivity index (χ1) is 13.7. The van der Waals surface area contributed by atoms with E-state index in [9.17, 15) is 4.79 Å². The van der Waals surface area contributed by atoms with Crippen molar-refractivity contribution in [3.63, 3.8) is 0 Å². The van der Waals surface area contributed by atoms with E-state index in [1.807, 2.05) is 12.1 Å². The number of nitrogens with one attached hydrogen (secondary N) is 2. The summed E-state index contributed by atoms with van der Waals surface area (Å²) in [6.07, 6.45) is 7.70. The number of carbonyl (C=O) groups excluding carboxylic acids is 1. The van der Waals surface area contributed by atoms with Crippen LogP contribution in [0.3, 0.4) is 0 Å². The first-order valence-electron chi connectivity index (χ1n) is 10.2. The normalized spacial score (nSPS) is 15.4. The zero-order valence-electron chi connectivity index (χ0n) is 16.5. The Hall–Kier alpha value is -2.11. The molecule has 0 bridgehead atoms. The Bertz CT molecular complexity index is 775. The van der Waals surface area contributed by atoms with Gasteiger partial charge in [-0.25, -0.2) is 4.98 Å². The Morgan fingerprint density at radius 3 is 2.79 bits per heavy atom. The molecule has 0 unspecified atom stereocenters. The Labute approximate surface area is 172 Å². The molecule has 0 spiro atoms. The third-order valence-electron chi connectivity index (χ3n) is 5.14. The highest BCUT2D eigenvalue weighted by molar-refractivity contribution is 6.31. The van der Waals surface area contributed by atoms with Crippen LogP contribution in [0.1, 0.15) is 49.4 Å². The van der Waals surface area contributed by atoms with Crippen LogP contribution in [0, 0.1) is 0 Å². The second kappa shape index (κ2) is 10.4. The molecule has 1 saturated heterocycles. The number of benzene rings is 1. The standard InChI is InChI=1S/C22H29ClN4O/c1-2-3-4-13-27-14-10-18(11-15-27)25-21-20(9-6-12-24-21)22(28)26-19-8-5-7-17(23)16-19/h5-9,12,16,18H,2-4,10-11,13-15H2,1H3,(H,24,25)(H,26,28). The van der Waals surface area contributed by atoms with Crippen molar-refractivity contribution in [3.05, 3.63) is 53.2 Å². The summed E-state index contributed by atoms with van der Waals surface area (Å²) in [7, 11) is 0. The summed E-state index contributed by atoms with van der Waals surface area (Å²) in [6.45, 7) is 5.62. The fourth-order valence-corrected chi connectivity index (χ4v) is 3.74. The number of nitrogens with zero attached hydrogens (tertiary/aromatic N) is 2. The van der Waals surface area contributed by atoms with Crippen molar-refractivity contribution in [1.29, 1.82) is 0 Å². The summed E-state index contributed by atoms with van der Waals surface area (Å²) in [5.41, 5.74) is 1.22. The Balaban J connectivity index is 1.58. The van der Waals surface area contributed by atoms with Gasteiger partial charge < -0.3 is 15.5 Å². The van der Waals surface area contributed by atoms with E-state index >= 15 is 0 Å². The molecular formula is C22H29ClN4O. The highest BCUT2D eigenvalue weighted by Crippen LogP contribution is 2.21. The zero-order valence-corrected chi connectivity index (χ0v) is 17.2. The fraction of sp³-hybridized carbons (Fsp3) is 0.455. The summed E-state index contributed by atoms with van der Waals surface area (Å²) >= 11 is 6.01. The van der Waals surface area contributed by atoms with Crippen molar-refractivity contribution < 1.29 is 4.79 Å². The van der Waals surface area contributed by atoms with Gasteiger partial charge in [-0.3, -0.25) is 4.79 Å². The van der Waals surface area contributed by atoms with Crippen LogP contribution < -0.4 is 10.6 Å². The smallest absolute Gasteiger partial charge is 0.259 e. The van der Waals surface area contributed by atoms with Crippen molar-refractivity contribution in [2.75, 3.05) is 30.3 Å². The lowest BCUT2D eigenvalue weighted by Crippen LogP contribution is -2.39. The number of amides is 1. The number of unbranched alkanes of at least 4 members (excludes halogenated alkanes) is 2. The van der Waals surface area contributed by atoms with Crippen molar-refractivity contribution in [2.24, 2.45) is 0 Å². The highest BCUT2D eigenvalue weighted by atomic mass is 35.5. The van der Waals surface area contributed by atoms with Gasteiger partial charge in [0, 0.05) is 36.0 Å². The number of halogens is 1. The molecule has 2 heterocycles. The highest BCUT2D eigenvalue weighted by Gasteiger charge is 2.21. The molecule has 1 amide bonds. The van der Waals surface area contributed by atoms with E-state index in [0.29, 0.717) is 28.1 Å². The number of aromatic nitrogens is 1. The molecule has 0 atom stereocenters. The third-order valence-corrected chi connectivity index (χ3v) is 5.38. The maximum atomic E-state index is 12.7. The molecule has 1 aliphatic rings. The summed E-state index contributed by atoms with van der Waals surface area (Å²) in [5, 5.41) is 6.98. The van der Waals surface area contributed by atoms with Gasteiger partial charge >= 0.3 is 0 Å². The molecule has 1 aromatic heterocycles. The van der Waals surface area contributed by atoms with Gasteiger partial charge in [-0.2, -0.15) is 0 Å². The van der Waals surface area contributed by atoms with Crippen LogP contribution in [0.25, 0.3) is 0 Å². The first kappa shape index (κ1) is 20.6. The molecule has 5 nitrogen and oxygen atoms in total. The number of hydrogen-bond donors (Lipinski definition) is 2. The Kier molecular flexibility index (Phi) is 7.69. The Morgan fingerprint density at radius 1 is 1.21 bits per heavy atom. The number of hydrogen-bond acceptors (Lipinski definition) is 4. The van der Waals surface area contributed by atoms with Crippen LogP contribution in [-0.4, -0.2) is 41.5 Å². The topological polar surface area (TPSA) is 57.3 Å². The Morgan fingerprint density at radius 2 is 2.04 bits per heavy atom. The molecule has 2 aromatic rings. The summed E-state index contributed by atoms with van der Waals surface area (Å²) in [4.78, 5) is 19.7. The minimum absolute atomic E-state index is 0.185. The maximum Gasteiger partial charge on any atom is 0.259 e. The summed E-state index contributed by atoms with van der Waals surface area (Å²) < 4.78 is 0. The van der Waals surface area contributed by atoms with Gasteiger partial charge in [-0.15, -0.1) is 0 Å². The van der Waals surface area contributed by atoms with Crippen molar-refractivity contribution in [1.82, 2.24) is 9.88 Å². The number of pyridine rings is 1. The summed E-state index contributed by atoms with van der Waals surface area (Å²) in [6, 6.07) is 11.1. The average molecular weight is 401 g/mol. The van der Waals surface area contributed by atoms with Gasteiger partial charge in [0.25, 0.3) is 5.91 Å². The number of carbonyl (C=O) groups is 1. The van der Waals surface area contributed by atoms with E-state index in [2.05, 4.69) is 27.4 Å². The van der Waals surface area contributed by atoms with Crippen molar-refractivity contribution >= 4 is 29.0 Å². The van der Waals surface area contributed by atoms with Gasteiger partial charge in [0.1, 0.15) is 5.82 Å². The third kappa shape index (κ3) is 5.94. The van der Waals surface area contributed by atoms with E-state index in [1.165, 1.54) is 25.8 Å². The van der Waals surface area contributed by atoms with Crippen molar-refractivity contribution in [2.45, 2.75) is 45.1 Å². The SMILES string of the molecule is CCCCCN1CCC(Nc2ncccc2C(=O)Nc2cccc(Cl)c2)CC1. The van der Waals surface area contributed by atoms with E-state index in [1.54, 1.807) is 30.5 Å². The lowest BCUT2D eigenvalue weighted by molar-refractivity contribution is 0.102. The minimum Gasteiger partial charge on any atom is -0.367 e. The molecule has 0 saturated carbocycles. The predicted octanol–water partition coefficient (Wildman–Crippen LogP) is 5.05. The molecular weight excluding hydrogens is 372 g/mol. The number of anilines is 2. The lowest BCUT2D eigenvalue weighted by Gasteiger charge is -2.32. The van der Waals surface area contributed by atoms with Crippen LogP contribution in [0.2, 0.25) is 5.02 Å². The van der Waals surface area contributed by atoms with Crippen LogP contribution in [0.5, 0.6) is 0 Å². The predicted molar refractivity (Wildman–Crippen MR) is 116 cm³/mol. The molecule has 28 heavy (non-hydrogen) atoms. The van der Waals surface area contributed by atoms with Gasteiger partial charge in [0.05, 0.1) is 5.56 Å². The lowest BCUT2D eigenvalue weighted by atomic mass is 10.0. The molecule has 1 aliphatic heterocycles. The van der Waals surface area contributed by atoms with Crippen LogP contribution in [-0.2, 0) is 0 Å². The van der Waals surface area contributed by atoms with Gasteiger partial charge in [-0.05, 0) is 56.1 Å². The molecule has 2 N–H and O–H groups in total. The van der Waals surface area contributed by atoms with E-state index in [4.69, 9.17) is 11.6 Å². The van der Waals surface area contributed by atoms with E-state index in [-0.39, 0.29) is 5.91 Å². The number of rotatable bonds is 8. The summed E-state index contributed by atoms with van der Waals surface area (Å²) in [5.74, 6) is 0.460. The van der Waals surface area contributed by atoms with Gasteiger partial charge in [-0.1, -0.05) is 37.4 Å². The van der Waals surface area contributed by atoms with Crippen LogP contribution in [0.4, 0.5) is 11.5 Å². The molecule has 150 valence electrons. The quantitative estimate of drug-likeness (QED) is 0.608. The molecule has 0 radical (unpaired) electrons. The van der Waals surface area contributed by atoms with Crippen molar-refractivity contribution in [3.8, 4) is 0 Å². The van der Waals surface area contributed by atoms with Gasteiger partial charge in [0.15, 0.2) is 0 Å². The monoisotopic (exact) mass is 400 g/mol. The number of piperidine rings is 1. The maximum absolute atomic E-state index is 12.7. The fourth-order valence-electron chi connectivity index (χ4n) is 3.55. The second-order valence-corrected chi connectivity index (χ2v) is 7.77. The number of likely N-dealkylation sites (tertiary alicyclic amines) is 1. The average Bonchev–Trinajstić information content (AvgIpc) is 2.70. The van der Waals surface area contributed by atoms with Gasteiger partial charge in [0.2, 0.25) is 0 Å². The molecule has 6 heteroatoms. The van der Waals surface area contributed by atoms with E-state index < -0.39 is 0 Å². The molecule has 1 aromatic carbocycles. The second-order valence-electron chi connectivity index (χ2n) is 7.33. The molecule has 0 aliphatic carbocycles. The first-order valence-corrected chi connectivity index (χ1v) is 10.5. The minimum atomic E-state index is -0.185. The van der Waals surface area contributed by atoms with Crippen LogP contribution in [0.15, 0.2) is 42.6 Å². The van der Waals surface area contributed by atoms with Crippen LogP contribution >= 0.6 is 11.6 Å². The molecule has 3 rings (SSSR count). The molecule has 1 fully saturated rings. The van der Waals surface area contributed by atoms with E-state index in [0.717, 1.165) is 25.9 Å². The largest absolute Gasteiger partial charge is 0.367 e.